The van der Waals surface area contributed by atoms with Gasteiger partial charge in [-0.05, 0) is 54.9 Å². The number of aliphatic hydroxyl groups excluding tert-OH is 4. The molecule has 2 aromatic rings. The molecule has 2 aliphatic rings. The van der Waals surface area contributed by atoms with Crippen LogP contribution in [-0.2, 0) is 4.74 Å². The van der Waals surface area contributed by atoms with E-state index in [1.54, 1.807) is 18.2 Å². The lowest BCUT2D eigenvalue weighted by Crippen LogP contribution is -2.55. The van der Waals surface area contributed by atoms with Gasteiger partial charge in [-0.15, -0.1) is 0 Å². The minimum Gasteiger partial charge on any atom is -0.489 e. The molecular weight excluding hydrogens is 420 g/mol. The van der Waals surface area contributed by atoms with Crippen molar-refractivity contribution in [2.75, 3.05) is 6.61 Å². The summed E-state index contributed by atoms with van der Waals surface area (Å²) in [5.41, 5.74) is 1.93. The molecule has 0 aromatic heterocycles. The van der Waals surface area contributed by atoms with E-state index in [1.165, 1.54) is 5.56 Å². The first-order valence-corrected chi connectivity index (χ1v) is 11.2. The number of rotatable bonds is 5. The second kappa shape index (κ2) is 9.86. The van der Waals surface area contributed by atoms with Crippen molar-refractivity contribution in [1.82, 2.24) is 0 Å². The zero-order valence-corrected chi connectivity index (χ0v) is 17.9. The Balaban J connectivity index is 1.44. The second-order valence-corrected chi connectivity index (χ2v) is 8.85. The normalized spacial score (nSPS) is 33.8. The molecule has 0 radical (unpaired) electrons. The summed E-state index contributed by atoms with van der Waals surface area (Å²) in [5.74, 6) is 1.04. The van der Waals surface area contributed by atoms with Crippen LogP contribution in [0.3, 0.4) is 0 Å². The molecule has 1 saturated heterocycles. The molecule has 31 heavy (non-hydrogen) atoms. The van der Waals surface area contributed by atoms with Gasteiger partial charge in [-0.3, -0.25) is 0 Å². The second-order valence-electron chi connectivity index (χ2n) is 8.44. The lowest BCUT2D eigenvalue weighted by atomic mass is 9.83. The molecular formula is C24H29ClO6. The van der Waals surface area contributed by atoms with Gasteiger partial charge in [0.05, 0.1) is 17.7 Å². The standard InChI is InChI=1S/C24H29ClO6/c25-18-11-8-16(24-23(29)22(28)21(27)20(13-26)31-24)12-19(18)30-17-9-6-15(7-10-17)14-4-2-1-3-5-14/h1-5,8,11-12,15,17,20-24,26-29H,6-7,9-10,13H2/t15?,17?,20-,21-,22?,23-,24+/m1/s1. The summed E-state index contributed by atoms with van der Waals surface area (Å²) in [6, 6.07) is 15.6. The summed E-state index contributed by atoms with van der Waals surface area (Å²) in [5, 5.41) is 40.4. The third-order valence-corrected chi connectivity index (χ3v) is 6.73. The highest BCUT2D eigenvalue weighted by atomic mass is 35.5. The molecule has 5 atom stereocenters. The van der Waals surface area contributed by atoms with Gasteiger partial charge >= 0.3 is 0 Å². The lowest BCUT2D eigenvalue weighted by molar-refractivity contribution is -0.231. The third kappa shape index (κ3) is 4.90. The predicted octanol–water partition coefficient (Wildman–Crippen LogP) is 2.96. The molecule has 1 aliphatic heterocycles. The van der Waals surface area contributed by atoms with E-state index < -0.39 is 37.1 Å². The van der Waals surface area contributed by atoms with Gasteiger partial charge in [0.25, 0.3) is 0 Å². The average molecular weight is 449 g/mol. The first-order chi connectivity index (χ1) is 15.0. The molecule has 0 amide bonds. The van der Waals surface area contributed by atoms with Crippen molar-refractivity contribution < 1.29 is 29.9 Å². The Morgan fingerprint density at radius 3 is 2.26 bits per heavy atom. The van der Waals surface area contributed by atoms with Gasteiger partial charge in [-0.1, -0.05) is 48.0 Å². The van der Waals surface area contributed by atoms with E-state index in [1.807, 2.05) is 6.07 Å². The monoisotopic (exact) mass is 448 g/mol. The van der Waals surface area contributed by atoms with Crippen molar-refractivity contribution in [3.05, 3.63) is 64.7 Å². The van der Waals surface area contributed by atoms with Crippen LogP contribution in [0, 0.1) is 0 Å². The van der Waals surface area contributed by atoms with Crippen molar-refractivity contribution in [3.8, 4) is 5.75 Å². The van der Waals surface area contributed by atoms with E-state index >= 15 is 0 Å². The summed E-state index contributed by atoms with van der Waals surface area (Å²) < 4.78 is 11.9. The van der Waals surface area contributed by atoms with E-state index in [4.69, 9.17) is 21.1 Å². The first kappa shape index (κ1) is 22.5. The van der Waals surface area contributed by atoms with Crippen LogP contribution >= 0.6 is 11.6 Å². The van der Waals surface area contributed by atoms with Crippen molar-refractivity contribution in [1.29, 1.82) is 0 Å². The van der Waals surface area contributed by atoms with Gasteiger partial charge in [0.2, 0.25) is 0 Å². The number of aliphatic hydroxyl groups is 4. The third-order valence-electron chi connectivity index (χ3n) is 6.41. The zero-order chi connectivity index (χ0) is 22.0. The Labute approximate surface area is 187 Å². The van der Waals surface area contributed by atoms with Crippen LogP contribution in [0.4, 0.5) is 0 Å². The molecule has 1 aliphatic carbocycles. The van der Waals surface area contributed by atoms with Crippen LogP contribution in [0.5, 0.6) is 5.75 Å². The van der Waals surface area contributed by atoms with Gasteiger partial charge in [0.1, 0.15) is 36.3 Å². The highest BCUT2D eigenvalue weighted by molar-refractivity contribution is 6.32. The maximum atomic E-state index is 10.4. The zero-order valence-electron chi connectivity index (χ0n) is 17.2. The summed E-state index contributed by atoms with van der Waals surface area (Å²) in [4.78, 5) is 0. The number of hydrogen-bond acceptors (Lipinski definition) is 6. The highest BCUT2D eigenvalue weighted by Crippen LogP contribution is 2.39. The maximum absolute atomic E-state index is 10.4. The topological polar surface area (TPSA) is 99.4 Å². The van der Waals surface area contributed by atoms with Crippen LogP contribution in [0.1, 0.15) is 48.8 Å². The Morgan fingerprint density at radius 2 is 1.58 bits per heavy atom. The van der Waals surface area contributed by atoms with Crippen LogP contribution in [-0.4, -0.2) is 57.6 Å². The SMILES string of the molecule is OC[C@H]1O[C@@H](c2ccc(Cl)c(OC3CCC(c4ccccc4)CC3)c2)[C@H](O)C(O)[C@@H]1O. The molecule has 0 spiro atoms. The predicted molar refractivity (Wildman–Crippen MR) is 116 cm³/mol. The van der Waals surface area contributed by atoms with E-state index in [0.29, 0.717) is 22.3 Å². The van der Waals surface area contributed by atoms with E-state index in [0.717, 1.165) is 25.7 Å². The van der Waals surface area contributed by atoms with Crippen LogP contribution in [0.2, 0.25) is 5.02 Å². The quantitative estimate of drug-likeness (QED) is 0.561. The average Bonchev–Trinajstić information content (AvgIpc) is 2.80. The molecule has 2 fully saturated rings. The fourth-order valence-corrected chi connectivity index (χ4v) is 4.75. The number of ether oxygens (including phenoxy) is 2. The molecule has 0 bridgehead atoms. The van der Waals surface area contributed by atoms with E-state index in [2.05, 4.69) is 24.3 Å². The minimum atomic E-state index is -1.43. The number of hydrogen-bond donors (Lipinski definition) is 4. The summed E-state index contributed by atoms with van der Waals surface area (Å²) in [7, 11) is 0. The van der Waals surface area contributed by atoms with Gasteiger partial charge in [0.15, 0.2) is 0 Å². The van der Waals surface area contributed by atoms with Crippen molar-refractivity contribution in [3.63, 3.8) is 0 Å². The molecule has 4 N–H and O–H groups in total. The number of benzene rings is 2. The Kier molecular flexibility index (Phi) is 7.16. The van der Waals surface area contributed by atoms with Crippen molar-refractivity contribution >= 4 is 11.6 Å². The Bertz CT molecular complexity index is 852. The summed E-state index contributed by atoms with van der Waals surface area (Å²) in [6.07, 6.45) is -2.07. The highest BCUT2D eigenvalue weighted by Gasteiger charge is 2.44. The molecule has 1 unspecified atom stereocenters. The van der Waals surface area contributed by atoms with Crippen molar-refractivity contribution in [2.45, 2.75) is 68.2 Å². The van der Waals surface area contributed by atoms with Gasteiger partial charge in [-0.2, -0.15) is 0 Å². The largest absolute Gasteiger partial charge is 0.489 e. The molecule has 168 valence electrons. The van der Waals surface area contributed by atoms with E-state index in [-0.39, 0.29) is 6.10 Å². The molecule has 1 saturated carbocycles. The van der Waals surface area contributed by atoms with Crippen LogP contribution < -0.4 is 4.74 Å². The van der Waals surface area contributed by atoms with Gasteiger partial charge < -0.3 is 29.9 Å². The summed E-state index contributed by atoms with van der Waals surface area (Å²) in [6.45, 7) is -0.469. The van der Waals surface area contributed by atoms with Crippen LogP contribution in [0.15, 0.2) is 48.5 Å². The maximum Gasteiger partial charge on any atom is 0.138 e. The molecule has 7 heteroatoms. The fraction of sp³-hybridized carbons (Fsp3) is 0.500. The fourth-order valence-electron chi connectivity index (χ4n) is 4.58. The van der Waals surface area contributed by atoms with Gasteiger partial charge in [0, 0.05) is 0 Å². The smallest absolute Gasteiger partial charge is 0.138 e. The van der Waals surface area contributed by atoms with Crippen molar-refractivity contribution in [2.24, 2.45) is 0 Å². The first-order valence-electron chi connectivity index (χ1n) is 10.8. The number of halogens is 1. The van der Waals surface area contributed by atoms with E-state index in [9.17, 15) is 20.4 Å². The lowest BCUT2D eigenvalue weighted by Gasteiger charge is -2.40. The Morgan fingerprint density at radius 1 is 0.871 bits per heavy atom. The summed E-state index contributed by atoms with van der Waals surface area (Å²) >= 11 is 6.37. The molecule has 4 rings (SSSR count). The van der Waals surface area contributed by atoms with Crippen LogP contribution in [0.25, 0.3) is 0 Å². The molecule has 6 nitrogen and oxygen atoms in total. The molecule has 1 heterocycles. The molecule has 2 aromatic carbocycles. The minimum absolute atomic E-state index is 0.0440. The Hall–Kier alpha value is -1.67. The van der Waals surface area contributed by atoms with Gasteiger partial charge in [-0.25, -0.2) is 0 Å².